The van der Waals surface area contributed by atoms with Crippen LogP contribution in [0.25, 0.3) is 43.8 Å². The number of ether oxygens (including phenoxy) is 1. The molecule has 0 aromatic heterocycles. The van der Waals surface area contributed by atoms with Crippen molar-refractivity contribution in [2.75, 3.05) is 0 Å². The van der Waals surface area contributed by atoms with E-state index in [4.69, 9.17) is 4.74 Å². The lowest BCUT2D eigenvalue weighted by Gasteiger charge is -2.19. The van der Waals surface area contributed by atoms with E-state index >= 15 is 0 Å². The lowest BCUT2D eigenvalue weighted by molar-refractivity contribution is -0.135. The van der Waals surface area contributed by atoms with E-state index in [1.165, 1.54) is 0 Å². The van der Waals surface area contributed by atoms with Gasteiger partial charge in [0, 0.05) is 11.1 Å². The van der Waals surface area contributed by atoms with Gasteiger partial charge in [0.15, 0.2) is 0 Å². The minimum absolute atomic E-state index is 0.277. The maximum Gasteiger partial charge on any atom is 0.318 e. The molecular formula is C35H26O2. The van der Waals surface area contributed by atoms with Crippen LogP contribution in [0.1, 0.15) is 18.4 Å². The van der Waals surface area contributed by atoms with E-state index in [1.807, 2.05) is 79.7 Å². The Morgan fingerprint density at radius 1 is 0.514 bits per heavy atom. The first-order chi connectivity index (χ1) is 18.2. The van der Waals surface area contributed by atoms with Crippen molar-refractivity contribution in [3.05, 3.63) is 139 Å². The second-order valence-electron chi connectivity index (χ2n) is 9.29. The molecule has 6 aromatic carbocycles. The van der Waals surface area contributed by atoms with Crippen molar-refractivity contribution in [2.45, 2.75) is 12.8 Å². The summed E-state index contributed by atoms with van der Waals surface area (Å²) >= 11 is 0. The van der Waals surface area contributed by atoms with Crippen LogP contribution in [0, 0.1) is 0 Å². The molecule has 0 amide bonds. The van der Waals surface area contributed by atoms with Crippen molar-refractivity contribution in [1.29, 1.82) is 0 Å². The number of fused-ring (bicyclic) bond motifs is 2. The molecule has 37 heavy (non-hydrogen) atoms. The first-order valence-corrected chi connectivity index (χ1v) is 12.6. The van der Waals surface area contributed by atoms with Crippen LogP contribution >= 0.6 is 0 Å². The molecule has 1 unspecified atom stereocenters. The Kier molecular flexibility index (Phi) is 6.00. The molecule has 0 radical (unpaired) electrons. The molecule has 1 atom stereocenters. The van der Waals surface area contributed by atoms with Crippen LogP contribution in [-0.2, 0) is 4.79 Å². The third-order valence-electron chi connectivity index (χ3n) is 7.03. The summed E-state index contributed by atoms with van der Waals surface area (Å²) in [6, 6.07) is 45.1. The Hall–Kier alpha value is -4.69. The molecule has 0 heterocycles. The van der Waals surface area contributed by atoms with Crippen molar-refractivity contribution in [2.24, 2.45) is 0 Å². The highest BCUT2D eigenvalue weighted by molar-refractivity contribution is 6.03. The van der Waals surface area contributed by atoms with Crippen LogP contribution in [0.3, 0.4) is 0 Å². The highest BCUT2D eigenvalue weighted by Gasteiger charge is 2.23. The number of para-hydroxylation sites is 1. The van der Waals surface area contributed by atoms with E-state index in [9.17, 15) is 4.79 Å². The van der Waals surface area contributed by atoms with E-state index in [0.29, 0.717) is 5.75 Å². The van der Waals surface area contributed by atoms with Crippen LogP contribution in [0.15, 0.2) is 133 Å². The standard InChI is InChI=1S/C35H26O2/c1-24(25-12-3-2-4-13-25)35(36)37-34-32(30-20-9-16-26-14-5-7-18-28(26)30)22-11-23-33(34)31-21-10-17-27-15-6-8-19-29(27)31/h2-24H,1H3. The zero-order valence-electron chi connectivity index (χ0n) is 20.6. The van der Waals surface area contributed by atoms with Crippen molar-refractivity contribution in [3.63, 3.8) is 0 Å². The van der Waals surface area contributed by atoms with Crippen molar-refractivity contribution >= 4 is 27.5 Å². The molecule has 0 aliphatic rings. The van der Waals surface area contributed by atoms with Gasteiger partial charge in [-0.05, 0) is 45.2 Å². The van der Waals surface area contributed by atoms with Crippen LogP contribution in [-0.4, -0.2) is 5.97 Å². The predicted molar refractivity (Wildman–Crippen MR) is 153 cm³/mol. The average Bonchev–Trinajstić information content (AvgIpc) is 2.97. The Labute approximate surface area is 216 Å². The summed E-state index contributed by atoms with van der Waals surface area (Å²) in [5, 5.41) is 4.53. The predicted octanol–water partition coefficient (Wildman–Crippen LogP) is 9.04. The van der Waals surface area contributed by atoms with E-state index in [1.54, 1.807) is 0 Å². The first kappa shape index (κ1) is 22.8. The number of carbonyl (C=O) groups is 1. The normalized spacial score (nSPS) is 11.9. The molecule has 0 saturated heterocycles. The van der Waals surface area contributed by atoms with Gasteiger partial charge in [-0.25, -0.2) is 0 Å². The Morgan fingerprint density at radius 3 is 1.51 bits per heavy atom. The minimum Gasteiger partial charge on any atom is -0.425 e. The van der Waals surface area contributed by atoms with E-state index in [-0.39, 0.29) is 5.97 Å². The second kappa shape index (κ2) is 9.75. The smallest absolute Gasteiger partial charge is 0.318 e. The fourth-order valence-electron chi connectivity index (χ4n) is 5.06. The number of hydrogen-bond acceptors (Lipinski definition) is 2. The average molecular weight is 479 g/mol. The minimum atomic E-state index is -0.401. The molecule has 0 aliphatic carbocycles. The largest absolute Gasteiger partial charge is 0.425 e. The zero-order valence-corrected chi connectivity index (χ0v) is 20.6. The van der Waals surface area contributed by atoms with Crippen molar-refractivity contribution < 1.29 is 9.53 Å². The quantitative estimate of drug-likeness (QED) is 0.182. The van der Waals surface area contributed by atoms with Crippen LogP contribution in [0.5, 0.6) is 5.75 Å². The molecule has 2 nitrogen and oxygen atoms in total. The Balaban J connectivity index is 1.57. The number of carbonyl (C=O) groups excluding carboxylic acids is 1. The lowest BCUT2D eigenvalue weighted by Crippen LogP contribution is -2.17. The summed E-state index contributed by atoms with van der Waals surface area (Å²) in [4.78, 5) is 13.6. The second-order valence-corrected chi connectivity index (χ2v) is 9.29. The SMILES string of the molecule is CC(C(=O)Oc1c(-c2cccc3ccccc23)cccc1-c1cccc2ccccc12)c1ccccc1. The summed E-state index contributed by atoms with van der Waals surface area (Å²) in [6.07, 6.45) is 0. The van der Waals surface area contributed by atoms with Gasteiger partial charge in [-0.1, -0.05) is 133 Å². The van der Waals surface area contributed by atoms with Gasteiger partial charge in [0.1, 0.15) is 5.75 Å². The molecule has 0 saturated carbocycles. The maximum absolute atomic E-state index is 13.6. The molecule has 0 N–H and O–H groups in total. The first-order valence-electron chi connectivity index (χ1n) is 12.6. The molecular weight excluding hydrogens is 452 g/mol. The summed E-state index contributed by atoms with van der Waals surface area (Å²) in [5.41, 5.74) is 4.80. The van der Waals surface area contributed by atoms with E-state index in [0.717, 1.165) is 49.4 Å². The lowest BCUT2D eigenvalue weighted by atomic mass is 9.92. The van der Waals surface area contributed by atoms with Gasteiger partial charge >= 0.3 is 5.97 Å². The molecule has 0 aliphatic heterocycles. The number of rotatable bonds is 5. The Bertz CT molecular complexity index is 1630. The third kappa shape index (κ3) is 4.28. The molecule has 0 bridgehead atoms. The molecule has 0 fully saturated rings. The fraction of sp³-hybridized carbons (Fsp3) is 0.0571. The summed E-state index contributed by atoms with van der Waals surface area (Å²) in [6.45, 7) is 1.90. The summed E-state index contributed by atoms with van der Waals surface area (Å²) in [5.74, 6) is -0.0921. The molecule has 2 heteroatoms. The third-order valence-corrected chi connectivity index (χ3v) is 7.03. The topological polar surface area (TPSA) is 26.3 Å². The fourth-order valence-corrected chi connectivity index (χ4v) is 5.06. The highest BCUT2D eigenvalue weighted by Crippen LogP contribution is 2.43. The molecule has 6 aromatic rings. The molecule has 0 spiro atoms. The van der Waals surface area contributed by atoms with Gasteiger partial charge in [-0.3, -0.25) is 4.79 Å². The van der Waals surface area contributed by atoms with Crippen molar-refractivity contribution in [1.82, 2.24) is 0 Å². The number of hydrogen-bond donors (Lipinski definition) is 0. The maximum atomic E-state index is 13.6. The van der Waals surface area contributed by atoms with Gasteiger partial charge < -0.3 is 4.74 Å². The Morgan fingerprint density at radius 2 is 0.946 bits per heavy atom. The van der Waals surface area contributed by atoms with Crippen LogP contribution in [0.4, 0.5) is 0 Å². The molecule has 6 rings (SSSR count). The van der Waals surface area contributed by atoms with Gasteiger partial charge in [0.2, 0.25) is 0 Å². The van der Waals surface area contributed by atoms with E-state index < -0.39 is 5.92 Å². The molecule has 178 valence electrons. The number of esters is 1. The van der Waals surface area contributed by atoms with Gasteiger partial charge in [-0.2, -0.15) is 0 Å². The highest BCUT2D eigenvalue weighted by atomic mass is 16.5. The van der Waals surface area contributed by atoms with Gasteiger partial charge in [0.25, 0.3) is 0 Å². The van der Waals surface area contributed by atoms with Crippen LogP contribution < -0.4 is 4.74 Å². The van der Waals surface area contributed by atoms with E-state index in [2.05, 4.69) is 60.7 Å². The van der Waals surface area contributed by atoms with Crippen molar-refractivity contribution in [3.8, 4) is 28.0 Å². The van der Waals surface area contributed by atoms with Gasteiger partial charge in [-0.15, -0.1) is 0 Å². The monoisotopic (exact) mass is 478 g/mol. The van der Waals surface area contributed by atoms with Crippen LogP contribution in [0.2, 0.25) is 0 Å². The number of benzene rings is 6. The van der Waals surface area contributed by atoms with Gasteiger partial charge in [0.05, 0.1) is 5.92 Å². The summed E-state index contributed by atoms with van der Waals surface area (Å²) < 4.78 is 6.36. The zero-order chi connectivity index (χ0) is 25.2. The summed E-state index contributed by atoms with van der Waals surface area (Å²) in [7, 11) is 0.